The molecule has 3 heteroatoms. The molecule has 22 heavy (non-hydrogen) atoms. The number of hydrogen-bond acceptors (Lipinski definition) is 2. The molecular weight excluding hydrogens is 270 g/mol. The van der Waals surface area contributed by atoms with E-state index in [0.717, 1.165) is 24.2 Å². The van der Waals surface area contributed by atoms with Crippen molar-refractivity contribution in [2.75, 3.05) is 6.54 Å². The van der Waals surface area contributed by atoms with Crippen molar-refractivity contribution in [3.8, 4) is 5.69 Å². The van der Waals surface area contributed by atoms with Crippen molar-refractivity contribution in [2.45, 2.75) is 51.1 Å². The quantitative estimate of drug-likeness (QED) is 0.852. The Bertz CT molecular complexity index is 586. The first-order valence-electron chi connectivity index (χ1n) is 8.73. The van der Waals surface area contributed by atoms with Crippen LogP contribution in [0.1, 0.15) is 44.1 Å². The molecule has 3 nitrogen and oxygen atoms in total. The Morgan fingerprint density at radius 1 is 1.00 bits per heavy atom. The molecule has 2 atom stereocenters. The zero-order valence-corrected chi connectivity index (χ0v) is 13.2. The average Bonchev–Trinajstić information content (AvgIpc) is 3.10. The minimum atomic E-state index is 0.841. The second-order valence-corrected chi connectivity index (χ2v) is 6.84. The van der Waals surface area contributed by atoms with Gasteiger partial charge in [-0.15, -0.1) is 0 Å². The van der Waals surface area contributed by atoms with Gasteiger partial charge in [-0.1, -0.05) is 25.0 Å². The van der Waals surface area contributed by atoms with Crippen LogP contribution < -0.4 is 0 Å². The number of fused-ring (bicyclic) bond motifs is 1. The third kappa shape index (κ3) is 2.82. The fourth-order valence-corrected chi connectivity index (χ4v) is 4.33. The summed E-state index contributed by atoms with van der Waals surface area (Å²) in [4.78, 5) is 2.75. The van der Waals surface area contributed by atoms with E-state index < -0.39 is 0 Å². The van der Waals surface area contributed by atoms with E-state index in [1.165, 1.54) is 50.6 Å². The number of piperidine rings is 1. The average molecular weight is 295 g/mol. The lowest BCUT2D eigenvalue weighted by Crippen LogP contribution is -2.46. The van der Waals surface area contributed by atoms with Crippen LogP contribution in [0.5, 0.6) is 0 Å². The lowest BCUT2D eigenvalue weighted by atomic mass is 9.78. The zero-order valence-electron chi connectivity index (χ0n) is 13.2. The molecule has 2 aliphatic rings. The van der Waals surface area contributed by atoms with Gasteiger partial charge in [0.15, 0.2) is 0 Å². The minimum Gasteiger partial charge on any atom is -0.296 e. The summed E-state index contributed by atoms with van der Waals surface area (Å²) in [7, 11) is 0. The molecule has 4 rings (SSSR count). The third-order valence-electron chi connectivity index (χ3n) is 5.45. The van der Waals surface area contributed by atoms with E-state index in [4.69, 9.17) is 0 Å². The molecule has 1 saturated heterocycles. The van der Waals surface area contributed by atoms with E-state index in [1.807, 2.05) is 23.1 Å². The molecule has 0 amide bonds. The molecule has 2 unspecified atom stereocenters. The van der Waals surface area contributed by atoms with Gasteiger partial charge in [-0.2, -0.15) is 5.10 Å². The first-order valence-corrected chi connectivity index (χ1v) is 8.73. The van der Waals surface area contributed by atoms with Crippen LogP contribution in [0.25, 0.3) is 5.69 Å². The number of benzene rings is 1. The molecule has 116 valence electrons. The van der Waals surface area contributed by atoms with Gasteiger partial charge < -0.3 is 0 Å². The summed E-state index contributed by atoms with van der Waals surface area (Å²) in [6.07, 6.45) is 12.4. The van der Waals surface area contributed by atoms with E-state index in [9.17, 15) is 0 Å². The van der Waals surface area contributed by atoms with Crippen LogP contribution in [0.15, 0.2) is 42.7 Å². The molecule has 2 aromatic rings. The lowest BCUT2D eigenvalue weighted by molar-refractivity contribution is 0.0547. The van der Waals surface area contributed by atoms with Crippen molar-refractivity contribution in [3.63, 3.8) is 0 Å². The number of hydrogen-bond donors (Lipinski definition) is 0. The Balaban J connectivity index is 1.46. The molecule has 0 N–H and O–H groups in total. The molecule has 0 spiro atoms. The SMILES string of the molecule is c1cnn(-c2ccc(CN3CCCC4CCCCC43)cc2)c1. The summed E-state index contributed by atoms with van der Waals surface area (Å²) in [6.45, 7) is 2.39. The van der Waals surface area contributed by atoms with E-state index in [2.05, 4.69) is 34.3 Å². The molecule has 1 aromatic carbocycles. The van der Waals surface area contributed by atoms with Gasteiger partial charge in [-0.25, -0.2) is 4.68 Å². The van der Waals surface area contributed by atoms with Gasteiger partial charge in [-0.05, 0) is 61.9 Å². The first-order chi connectivity index (χ1) is 10.9. The van der Waals surface area contributed by atoms with E-state index >= 15 is 0 Å². The van der Waals surface area contributed by atoms with Gasteiger partial charge in [0, 0.05) is 25.0 Å². The summed E-state index contributed by atoms with van der Waals surface area (Å²) < 4.78 is 1.92. The van der Waals surface area contributed by atoms with Crippen LogP contribution in [0.3, 0.4) is 0 Å². The summed E-state index contributed by atoms with van der Waals surface area (Å²) in [5, 5.41) is 4.29. The predicted octanol–water partition coefficient (Wildman–Crippen LogP) is 4.03. The Labute approximate surface area is 132 Å². The predicted molar refractivity (Wildman–Crippen MR) is 89.0 cm³/mol. The minimum absolute atomic E-state index is 0.841. The second-order valence-electron chi connectivity index (χ2n) is 6.84. The molecule has 0 bridgehead atoms. The monoisotopic (exact) mass is 295 g/mol. The highest BCUT2D eigenvalue weighted by Crippen LogP contribution is 2.35. The maximum absolute atomic E-state index is 4.29. The topological polar surface area (TPSA) is 21.1 Å². The standard InChI is InChI=1S/C19H25N3/c1-2-7-19-17(5-1)6-3-13-21(19)15-16-8-10-18(11-9-16)22-14-4-12-20-22/h4,8-12,14,17,19H,1-3,5-7,13,15H2. The Morgan fingerprint density at radius 2 is 1.82 bits per heavy atom. The molecule has 1 aliphatic carbocycles. The van der Waals surface area contributed by atoms with Crippen LogP contribution in [0.2, 0.25) is 0 Å². The van der Waals surface area contributed by atoms with Crippen LogP contribution in [0, 0.1) is 5.92 Å². The van der Waals surface area contributed by atoms with E-state index in [0.29, 0.717) is 0 Å². The molecule has 1 saturated carbocycles. The van der Waals surface area contributed by atoms with Gasteiger partial charge >= 0.3 is 0 Å². The van der Waals surface area contributed by atoms with Gasteiger partial charge in [-0.3, -0.25) is 4.90 Å². The van der Waals surface area contributed by atoms with Crippen LogP contribution >= 0.6 is 0 Å². The van der Waals surface area contributed by atoms with Gasteiger partial charge in [0.25, 0.3) is 0 Å². The van der Waals surface area contributed by atoms with Crippen molar-refractivity contribution in [1.29, 1.82) is 0 Å². The number of aromatic nitrogens is 2. The van der Waals surface area contributed by atoms with Crippen molar-refractivity contribution in [1.82, 2.24) is 14.7 Å². The Kier molecular flexibility index (Phi) is 3.98. The van der Waals surface area contributed by atoms with Crippen molar-refractivity contribution >= 4 is 0 Å². The van der Waals surface area contributed by atoms with Crippen molar-refractivity contribution < 1.29 is 0 Å². The van der Waals surface area contributed by atoms with Gasteiger partial charge in [0.2, 0.25) is 0 Å². The fraction of sp³-hybridized carbons (Fsp3) is 0.526. The third-order valence-corrected chi connectivity index (χ3v) is 5.45. The lowest BCUT2D eigenvalue weighted by Gasteiger charge is -2.44. The van der Waals surface area contributed by atoms with Crippen LogP contribution in [-0.2, 0) is 6.54 Å². The normalized spacial score (nSPS) is 25.8. The Morgan fingerprint density at radius 3 is 2.64 bits per heavy atom. The molecule has 0 radical (unpaired) electrons. The molecule has 2 fully saturated rings. The van der Waals surface area contributed by atoms with Crippen molar-refractivity contribution in [2.24, 2.45) is 5.92 Å². The number of nitrogens with zero attached hydrogens (tertiary/aromatic N) is 3. The second kappa shape index (κ2) is 6.25. The summed E-state index contributed by atoms with van der Waals surface area (Å²) in [5.41, 5.74) is 2.57. The summed E-state index contributed by atoms with van der Waals surface area (Å²) in [6, 6.07) is 11.7. The summed E-state index contributed by atoms with van der Waals surface area (Å²) in [5.74, 6) is 0.964. The highest BCUT2D eigenvalue weighted by molar-refractivity contribution is 5.33. The van der Waals surface area contributed by atoms with Crippen LogP contribution in [-0.4, -0.2) is 27.3 Å². The molecule has 1 aromatic heterocycles. The molecule has 2 heterocycles. The van der Waals surface area contributed by atoms with Crippen LogP contribution in [0.4, 0.5) is 0 Å². The van der Waals surface area contributed by atoms with E-state index in [1.54, 1.807) is 0 Å². The highest BCUT2D eigenvalue weighted by atomic mass is 15.3. The van der Waals surface area contributed by atoms with Gasteiger partial charge in [0.05, 0.1) is 5.69 Å². The number of likely N-dealkylation sites (tertiary alicyclic amines) is 1. The summed E-state index contributed by atoms with van der Waals surface area (Å²) >= 11 is 0. The van der Waals surface area contributed by atoms with E-state index in [-0.39, 0.29) is 0 Å². The fourth-order valence-electron chi connectivity index (χ4n) is 4.33. The molecule has 1 aliphatic heterocycles. The maximum Gasteiger partial charge on any atom is 0.0645 e. The highest BCUT2D eigenvalue weighted by Gasteiger charge is 2.32. The van der Waals surface area contributed by atoms with Gasteiger partial charge in [0.1, 0.15) is 0 Å². The Hall–Kier alpha value is -1.61. The smallest absolute Gasteiger partial charge is 0.0645 e. The zero-order chi connectivity index (χ0) is 14.8. The maximum atomic E-state index is 4.29. The molecular formula is C19H25N3. The first kappa shape index (κ1) is 14.0. The number of rotatable bonds is 3. The largest absolute Gasteiger partial charge is 0.296 e. The van der Waals surface area contributed by atoms with Crippen molar-refractivity contribution in [3.05, 3.63) is 48.3 Å².